The average molecular weight is 321 g/mol. The van der Waals surface area contributed by atoms with Crippen LogP contribution in [0, 0.1) is 5.92 Å². The van der Waals surface area contributed by atoms with Gasteiger partial charge in [-0.15, -0.1) is 0 Å². The van der Waals surface area contributed by atoms with E-state index in [0.29, 0.717) is 19.6 Å². The van der Waals surface area contributed by atoms with Crippen molar-refractivity contribution in [2.75, 3.05) is 13.2 Å². The number of hydrogen-bond donors (Lipinski definition) is 2. The molecule has 24 heavy (non-hydrogen) atoms. The number of nitrogens with zero attached hydrogens (tertiary/aromatic N) is 1. The smallest absolute Gasteiger partial charge is 0.226 e. The Morgan fingerprint density at radius 1 is 1.21 bits per heavy atom. The molecule has 3 aromatic rings. The molecule has 1 aliphatic heterocycles. The van der Waals surface area contributed by atoms with E-state index in [1.807, 2.05) is 48.5 Å². The maximum absolute atomic E-state index is 12.3. The summed E-state index contributed by atoms with van der Waals surface area (Å²) in [6, 6.07) is 15.8. The van der Waals surface area contributed by atoms with Gasteiger partial charge in [0.05, 0.1) is 17.0 Å². The largest absolute Gasteiger partial charge is 0.492 e. The Bertz CT molecular complexity index is 839. The van der Waals surface area contributed by atoms with Crippen molar-refractivity contribution in [1.29, 1.82) is 0 Å². The summed E-state index contributed by atoms with van der Waals surface area (Å²) in [5.41, 5.74) is 3.08. The van der Waals surface area contributed by atoms with Gasteiger partial charge < -0.3 is 15.0 Å². The first-order valence-corrected chi connectivity index (χ1v) is 8.21. The predicted octanol–water partition coefficient (Wildman–Crippen LogP) is 2.47. The third-order valence-electron chi connectivity index (χ3n) is 4.35. The number of fused-ring (bicyclic) bond motifs is 2. The predicted molar refractivity (Wildman–Crippen MR) is 91.9 cm³/mol. The SMILES string of the molecule is O=C(NCCc1nc2ccccc2[nH]1)[C@H]1COc2ccccc2C1. The van der Waals surface area contributed by atoms with Crippen molar-refractivity contribution in [2.45, 2.75) is 12.8 Å². The molecule has 0 aliphatic carbocycles. The number of aromatic amines is 1. The lowest BCUT2D eigenvalue weighted by Crippen LogP contribution is -2.38. The van der Waals surface area contributed by atoms with Crippen LogP contribution in [0.1, 0.15) is 11.4 Å². The van der Waals surface area contributed by atoms with Crippen molar-refractivity contribution in [3.63, 3.8) is 0 Å². The molecule has 4 rings (SSSR count). The Labute approximate surface area is 140 Å². The number of rotatable bonds is 4. The van der Waals surface area contributed by atoms with Crippen molar-refractivity contribution in [3.8, 4) is 5.75 Å². The molecule has 0 fully saturated rings. The summed E-state index contributed by atoms with van der Waals surface area (Å²) in [5.74, 6) is 1.70. The fourth-order valence-electron chi connectivity index (χ4n) is 3.07. The van der Waals surface area contributed by atoms with E-state index < -0.39 is 0 Å². The van der Waals surface area contributed by atoms with Crippen molar-refractivity contribution in [2.24, 2.45) is 5.92 Å². The zero-order valence-corrected chi connectivity index (χ0v) is 13.3. The van der Waals surface area contributed by atoms with E-state index in [4.69, 9.17) is 4.74 Å². The highest BCUT2D eigenvalue weighted by atomic mass is 16.5. The van der Waals surface area contributed by atoms with Crippen LogP contribution < -0.4 is 10.1 Å². The topological polar surface area (TPSA) is 67.0 Å². The lowest BCUT2D eigenvalue weighted by atomic mass is 9.96. The van der Waals surface area contributed by atoms with E-state index in [2.05, 4.69) is 15.3 Å². The zero-order valence-electron chi connectivity index (χ0n) is 13.3. The van der Waals surface area contributed by atoms with E-state index in [-0.39, 0.29) is 11.8 Å². The second-order valence-electron chi connectivity index (χ2n) is 6.06. The summed E-state index contributed by atoms with van der Waals surface area (Å²) in [5, 5.41) is 3.00. The van der Waals surface area contributed by atoms with Crippen LogP contribution in [-0.2, 0) is 17.6 Å². The second-order valence-corrected chi connectivity index (χ2v) is 6.06. The number of benzene rings is 2. The van der Waals surface area contributed by atoms with Gasteiger partial charge in [-0.3, -0.25) is 4.79 Å². The van der Waals surface area contributed by atoms with E-state index in [1.165, 1.54) is 0 Å². The minimum absolute atomic E-state index is 0.0422. The van der Waals surface area contributed by atoms with Gasteiger partial charge in [0.25, 0.3) is 0 Å². The highest BCUT2D eigenvalue weighted by Crippen LogP contribution is 2.26. The molecule has 1 atom stereocenters. The van der Waals surface area contributed by atoms with Crippen molar-refractivity contribution in [1.82, 2.24) is 15.3 Å². The average Bonchev–Trinajstić information content (AvgIpc) is 3.04. The monoisotopic (exact) mass is 321 g/mol. The molecule has 0 spiro atoms. The third kappa shape index (κ3) is 2.97. The molecular weight excluding hydrogens is 302 g/mol. The van der Waals surface area contributed by atoms with Crippen LogP contribution in [-0.4, -0.2) is 29.0 Å². The third-order valence-corrected chi connectivity index (χ3v) is 4.35. The van der Waals surface area contributed by atoms with Gasteiger partial charge in [0, 0.05) is 13.0 Å². The fourth-order valence-corrected chi connectivity index (χ4v) is 3.07. The molecule has 0 saturated heterocycles. The molecule has 2 heterocycles. The van der Waals surface area contributed by atoms with Gasteiger partial charge in [-0.25, -0.2) is 4.98 Å². The zero-order chi connectivity index (χ0) is 16.4. The second kappa shape index (κ2) is 6.35. The number of H-pyrrole nitrogens is 1. The van der Waals surface area contributed by atoms with Crippen molar-refractivity contribution in [3.05, 3.63) is 59.9 Å². The number of amides is 1. The molecule has 122 valence electrons. The molecule has 2 aromatic carbocycles. The van der Waals surface area contributed by atoms with Gasteiger partial charge >= 0.3 is 0 Å². The molecule has 2 N–H and O–H groups in total. The van der Waals surface area contributed by atoms with E-state index in [0.717, 1.165) is 34.6 Å². The maximum atomic E-state index is 12.3. The van der Waals surface area contributed by atoms with Gasteiger partial charge in [0.15, 0.2) is 0 Å². The van der Waals surface area contributed by atoms with Crippen LogP contribution in [0.25, 0.3) is 11.0 Å². The summed E-state index contributed by atoms with van der Waals surface area (Å²) < 4.78 is 5.68. The Morgan fingerprint density at radius 2 is 2.04 bits per heavy atom. The van der Waals surface area contributed by atoms with Gasteiger partial charge in [-0.05, 0) is 30.2 Å². The molecule has 0 radical (unpaired) electrons. The molecule has 1 aliphatic rings. The van der Waals surface area contributed by atoms with Crippen LogP contribution in [0.15, 0.2) is 48.5 Å². The summed E-state index contributed by atoms with van der Waals surface area (Å²) in [4.78, 5) is 20.1. The number of ether oxygens (including phenoxy) is 1. The van der Waals surface area contributed by atoms with E-state index >= 15 is 0 Å². The van der Waals surface area contributed by atoms with Gasteiger partial charge in [0.1, 0.15) is 18.2 Å². The number of para-hydroxylation sites is 3. The van der Waals surface area contributed by atoms with E-state index in [9.17, 15) is 4.79 Å². The number of hydrogen-bond acceptors (Lipinski definition) is 3. The molecule has 0 saturated carbocycles. The number of carbonyl (C=O) groups is 1. The molecule has 1 amide bonds. The minimum Gasteiger partial charge on any atom is -0.492 e. The van der Waals surface area contributed by atoms with Crippen LogP contribution >= 0.6 is 0 Å². The molecule has 0 unspecified atom stereocenters. The quantitative estimate of drug-likeness (QED) is 0.776. The van der Waals surface area contributed by atoms with Gasteiger partial charge in [0.2, 0.25) is 5.91 Å². The van der Waals surface area contributed by atoms with Crippen LogP contribution in [0.4, 0.5) is 0 Å². The van der Waals surface area contributed by atoms with Crippen LogP contribution in [0.5, 0.6) is 5.75 Å². The fraction of sp³-hybridized carbons (Fsp3) is 0.263. The summed E-state index contributed by atoms with van der Waals surface area (Å²) >= 11 is 0. The molecule has 5 nitrogen and oxygen atoms in total. The normalized spacial score (nSPS) is 16.4. The first kappa shape index (κ1) is 14.8. The summed E-state index contributed by atoms with van der Waals surface area (Å²) in [6.45, 7) is 1.00. The molecular formula is C19H19N3O2. The van der Waals surface area contributed by atoms with Crippen LogP contribution in [0.3, 0.4) is 0 Å². The number of carbonyl (C=O) groups excluding carboxylic acids is 1. The number of imidazole rings is 1. The standard InChI is InChI=1S/C19H19N3O2/c23-19(14-11-13-5-1-4-8-17(13)24-12-14)20-10-9-18-21-15-6-2-3-7-16(15)22-18/h1-8,14H,9-12H2,(H,20,23)(H,21,22)/t14-/m1/s1. The lowest BCUT2D eigenvalue weighted by molar-refractivity contribution is -0.126. The van der Waals surface area contributed by atoms with Gasteiger partial charge in [-0.1, -0.05) is 30.3 Å². The first-order valence-electron chi connectivity index (χ1n) is 8.21. The Morgan fingerprint density at radius 3 is 2.96 bits per heavy atom. The Kier molecular flexibility index (Phi) is 3.91. The Hall–Kier alpha value is -2.82. The van der Waals surface area contributed by atoms with Crippen molar-refractivity contribution < 1.29 is 9.53 Å². The number of nitrogens with one attached hydrogen (secondary N) is 2. The Balaban J connectivity index is 1.32. The lowest BCUT2D eigenvalue weighted by Gasteiger charge is -2.24. The molecule has 5 heteroatoms. The maximum Gasteiger partial charge on any atom is 0.226 e. The minimum atomic E-state index is -0.129. The first-order chi connectivity index (χ1) is 11.8. The van der Waals surface area contributed by atoms with Gasteiger partial charge in [-0.2, -0.15) is 0 Å². The summed E-state index contributed by atoms with van der Waals surface area (Å²) in [7, 11) is 0. The number of aromatic nitrogens is 2. The van der Waals surface area contributed by atoms with Crippen molar-refractivity contribution >= 4 is 16.9 Å². The molecule has 0 bridgehead atoms. The van der Waals surface area contributed by atoms with E-state index in [1.54, 1.807) is 0 Å². The molecule has 1 aromatic heterocycles. The summed E-state index contributed by atoms with van der Waals surface area (Å²) in [6.07, 6.45) is 1.41. The highest BCUT2D eigenvalue weighted by molar-refractivity contribution is 5.79. The van der Waals surface area contributed by atoms with Crippen LogP contribution in [0.2, 0.25) is 0 Å². The highest BCUT2D eigenvalue weighted by Gasteiger charge is 2.25.